The van der Waals surface area contributed by atoms with Crippen LogP contribution < -0.4 is 15.0 Å². The van der Waals surface area contributed by atoms with Gasteiger partial charge in [0.05, 0.1) is 25.0 Å². The van der Waals surface area contributed by atoms with E-state index in [0.717, 1.165) is 29.5 Å². The second-order valence-electron chi connectivity index (χ2n) is 7.82. The number of nitrogens with one attached hydrogen (secondary N) is 1. The van der Waals surface area contributed by atoms with E-state index in [9.17, 15) is 4.79 Å². The molecule has 1 N–H and O–H groups in total. The summed E-state index contributed by atoms with van der Waals surface area (Å²) in [7, 11) is 1.85. The quantitative estimate of drug-likeness (QED) is 0.558. The second kappa shape index (κ2) is 10.1. The molecule has 0 saturated carbocycles. The number of nitrogens with zero attached hydrogens (tertiary/aromatic N) is 5. The van der Waals surface area contributed by atoms with Crippen LogP contribution in [0.15, 0.2) is 41.7 Å². The van der Waals surface area contributed by atoms with Gasteiger partial charge in [0.2, 0.25) is 5.91 Å². The Balaban J connectivity index is 1.69. The predicted octanol–water partition coefficient (Wildman–Crippen LogP) is 2.27. The number of amides is 1. The third kappa shape index (κ3) is 5.52. The maximum absolute atomic E-state index is 12.7. The molecule has 1 aromatic carbocycles. The van der Waals surface area contributed by atoms with Crippen molar-refractivity contribution in [1.82, 2.24) is 20.0 Å². The molecule has 8 heteroatoms. The van der Waals surface area contributed by atoms with Crippen molar-refractivity contribution >= 4 is 17.6 Å². The average Bonchev–Trinajstić information content (AvgIpc) is 3.16. The van der Waals surface area contributed by atoms with E-state index >= 15 is 0 Å². The first kappa shape index (κ1) is 21.7. The first-order chi connectivity index (χ1) is 14.5. The molecule has 0 atom stereocenters. The number of ether oxygens (including phenoxy) is 1. The van der Waals surface area contributed by atoms with Crippen molar-refractivity contribution in [3.05, 3.63) is 42.2 Å². The lowest BCUT2D eigenvalue weighted by atomic mass is 10.2. The van der Waals surface area contributed by atoms with Gasteiger partial charge in [-0.15, -0.1) is 0 Å². The van der Waals surface area contributed by atoms with E-state index < -0.39 is 0 Å². The lowest BCUT2D eigenvalue weighted by Gasteiger charge is -2.35. The molecule has 30 heavy (non-hydrogen) atoms. The number of hydrogen-bond donors (Lipinski definition) is 1. The SMILES string of the molecule is CCNC(=NCc1ccccc1OCC(C)C)N1CCN(c2cnn(C)c2)C(=O)C1. The number of piperazine rings is 1. The van der Waals surface area contributed by atoms with Gasteiger partial charge in [-0.3, -0.25) is 9.48 Å². The van der Waals surface area contributed by atoms with Gasteiger partial charge in [0.15, 0.2) is 5.96 Å². The number of rotatable bonds is 7. The molecule has 0 aliphatic carbocycles. The Kier molecular flexibility index (Phi) is 7.32. The summed E-state index contributed by atoms with van der Waals surface area (Å²) in [5, 5.41) is 7.49. The third-order valence-electron chi connectivity index (χ3n) is 4.80. The fourth-order valence-electron chi connectivity index (χ4n) is 3.29. The van der Waals surface area contributed by atoms with E-state index in [-0.39, 0.29) is 12.5 Å². The molecule has 3 rings (SSSR count). The molecule has 162 valence electrons. The van der Waals surface area contributed by atoms with Crippen LogP contribution in [0, 0.1) is 5.92 Å². The number of guanidine groups is 1. The highest BCUT2D eigenvalue weighted by Crippen LogP contribution is 2.20. The molecule has 8 nitrogen and oxygen atoms in total. The van der Waals surface area contributed by atoms with Crippen LogP contribution in [-0.4, -0.2) is 59.3 Å². The van der Waals surface area contributed by atoms with E-state index in [1.54, 1.807) is 15.8 Å². The Morgan fingerprint density at radius 1 is 1.30 bits per heavy atom. The average molecular weight is 413 g/mol. The van der Waals surface area contributed by atoms with Crippen molar-refractivity contribution in [2.45, 2.75) is 27.3 Å². The topological polar surface area (TPSA) is 75.0 Å². The molecule has 1 amide bonds. The number of carbonyl (C=O) groups excluding carboxylic acids is 1. The van der Waals surface area contributed by atoms with Crippen molar-refractivity contribution in [2.75, 3.05) is 37.7 Å². The highest BCUT2D eigenvalue weighted by Gasteiger charge is 2.27. The largest absolute Gasteiger partial charge is 0.493 e. The zero-order chi connectivity index (χ0) is 21.5. The monoisotopic (exact) mass is 412 g/mol. The predicted molar refractivity (Wildman–Crippen MR) is 119 cm³/mol. The normalized spacial score (nSPS) is 15.1. The van der Waals surface area contributed by atoms with Crippen LogP contribution in [-0.2, 0) is 18.4 Å². The summed E-state index contributed by atoms with van der Waals surface area (Å²) in [6.07, 6.45) is 3.59. The Morgan fingerprint density at radius 3 is 2.77 bits per heavy atom. The molecule has 0 radical (unpaired) electrons. The summed E-state index contributed by atoms with van der Waals surface area (Å²) >= 11 is 0. The number of para-hydroxylation sites is 1. The van der Waals surface area contributed by atoms with Crippen LogP contribution in [0.1, 0.15) is 26.3 Å². The Labute approximate surface area is 178 Å². The summed E-state index contributed by atoms with van der Waals surface area (Å²) < 4.78 is 7.65. The lowest BCUT2D eigenvalue weighted by molar-refractivity contribution is -0.120. The molecule has 1 fully saturated rings. The molecule has 0 spiro atoms. The van der Waals surface area contributed by atoms with Gasteiger partial charge < -0.3 is 19.9 Å². The minimum Gasteiger partial charge on any atom is -0.493 e. The van der Waals surface area contributed by atoms with Crippen LogP contribution in [0.3, 0.4) is 0 Å². The number of benzene rings is 1. The second-order valence-corrected chi connectivity index (χ2v) is 7.82. The minimum atomic E-state index is 0.0421. The maximum Gasteiger partial charge on any atom is 0.246 e. The lowest BCUT2D eigenvalue weighted by Crippen LogP contribution is -2.55. The first-order valence-corrected chi connectivity index (χ1v) is 10.5. The summed E-state index contributed by atoms with van der Waals surface area (Å²) in [5.74, 6) is 2.11. The highest BCUT2D eigenvalue weighted by atomic mass is 16.5. The molecule has 1 aliphatic rings. The van der Waals surface area contributed by atoms with Gasteiger partial charge in [0.25, 0.3) is 0 Å². The first-order valence-electron chi connectivity index (χ1n) is 10.5. The van der Waals surface area contributed by atoms with E-state index in [4.69, 9.17) is 9.73 Å². The van der Waals surface area contributed by atoms with Crippen LogP contribution in [0.4, 0.5) is 5.69 Å². The Bertz CT molecular complexity index is 876. The number of aryl methyl sites for hydroxylation is 1. The van der Waals surface area contributed by atoms with Crippen LogP contribution >= 0.6 is 0 Å². The number of anilines is 1. The van der Waals surface area contributed by atoms with Gasteiger partial charge in [-0.2, -0.15) is 5.10 Å². The summed E-state index contributed by atoms with van der Waals surface area (Å²) in [4.78, 5) is 21.3. The third-order valence-corrected chi connectivity index (χ3v) is 4.80. The number of aliphatic imine (C=N–C) groups is 1. The van der Waals surface area contributed by atoms with Crippen molar-refractivity contribution in [3.8, 4) is 5.75 Å². The molecular weight excluding hydrogens is 380 g/mol. The fraction of sp³-hybridized carbons (Fsp3) is 0.500. The zero-order valence-corrected chi connectivity index (χ0v) is 18.3. The van der Waals surface area contributed by atoms with E-state index in [2.05, 4.69) is 24.3 Å². The Morgan fingerprint density at radius 2 is 2.10 bits per heavy atom. The van der Waals surface area contributed by atoms with Gasteiger partial charge in [-0.05, 0) is 18.9 Å². The zero-order valence-electron chi connectivity index (χ0n) is 18.3. The van der Waals surface area contributed by atoms with Crippen LogP contribution in [0.5, 0.6) is 5.75 Å². The highest BCUT2D eigenvalue weighted by molar-refractivity contribution is 5.98. The maximum atomic E-state index is 12.7. The van der Waals surface area contributed by atoms with E-state index in [1.165, 1.54) is 0 Å². The standard InChI is InChI=1S/C22H32N6O2/c1-5-23-22(24-12-18-8-6-7-9-20(18)30-16-17(2)3)27-10-11-28(21(29)15-27)19-13-25-26(4)14-19/h6-9,13-14,17H,5,10-12,15-16H2,1-4H3,(H,23,24). The van der Waals surface area contributed by atoms with E-state index in [1.807, 2.05) is 49.3 Å². The van der Waals surface area contributed by atoms with E-state index in [0.29, 0.717) is 32.2 Å². The summed E-state index contributed by atoms with van der Waals surface area (Å²) in [6, 6.07) is 7.99. The van der Waals surface area contributed by atoms with Gasteiger partial charge >= 0.3 is 0 Å². The van der Waals surface area contributed by atoms with Gasteiger partial charge in [-0.1, -0.05) is 32.0 Å². The van der Waals surface area contributed by atoms with Crippen molar-refractivity contribution in [2.24, 2.45) is 18.0 Å². The molecule has 1 aromatic heterocycles. The molecular formula is C22H32N6O2. The molecule has 2 aromatic rings. The van der Waals surface area contributed by atoms with Crippen molar-refractivity contribution < 1.29 is 9.53 Å². The van der Waals surface area contributed by atoms with Gasteiger partial charge in [0, 0.05) is 38.4 Å². The number of aromatic nitrogens is 2. The fourth-order valence-corrected chi connectivity index (χ4v) is 3.29. The molecule has 1 saturated heterocycles. The smallest absolute Gasteiger partial charge is 0.246 e. The van der Waals surface area contributed by atoms with Crippen LogP contribution in [0.25, 0.3) is 0 Å². The molecule has 0 unspecified atom stereocenters. The van der Waals surface area contributed by atoms with Crippen LogP contribution in [0.2, 0.25) is 0 Å². The Hall–Kier alpha value is -3.03. The van der Waals surface area contributed by atoms with Crippen molar-refractivity contribution in [1.29, 1.82) is 0 Å². The van der Waals surface area contributed by atoms with Crippen molar-refractivity contribution in [3.63, 3.8) is 0 Å². The molecule has 2 heterocycles. The molecule has 0 bridgehead atoms. The van der Waals surface area contributed by atoms with Gasteiger partial charge in [0.1, 0.15) is 12.3 Å². The molecule has 1 aliphatic heterocycles. The number of carbonyl (C=O) groups is 1. The summed E-state index contributed by atoms with van der Waals surface area (Å²) in [6.45, 7) is 9.79. The number of hydrogen-bond acceptors (Lipinski definition) is 4. The summed E-state index contributed by atoms with van der Waals surface area (Å²) in [5.41, 5.74) is 1.87. The van der Waals surface area contributed by atoms with Gasteiger partial charge in [-0.25, -0.2) is 4.99 Å². The minimum absolute atomic E-state index is 0.0421.